The number of nitrogens with one attached hydrogen (secondary N) is 2. The van der Waals surface area contributed by atoms with Crippen LogP contribution in [-0.2, 0) is 6.54 Å². The summed E-state index contributed by atoms with van der Waals surface area (Å²) in [5, 5.41) is 11.6. The molecule has 1 aromatic carbocycles. The van der Waals surface area contributed by atoms with E-state index >= 15 is 0 Å². The number of hydrogen-bond donors (Lipinski definition) is 2. The van der Waals surface area contributed by atoms with E-state index in [1.54, 1.807) is 0 Å². The van der Waals surface area contributed by atoms with Gasteiger partial charge in [-0.05, 0) is 50.9 Å². The van der Waals surface area contributed by atoms with Gasteiger partial charge in [-0.15, -0.1) is 24.0 Å². The fourth-order valence-corrected chi connectivity index (χ4v) is 3.46. The van der Waals surface area contributed by atoms with Crippen LogP contribution in [0.4, 0.5) is 0 Å². The van der Waals surface area contributed by atoms with Crippen molar-refractivity contribution in [2.75, 3.05) is 26.2 Å². The second-order valence-electron chi connectivity index (χ2n) is 7.04. The van der Waals surface area contributed by atoms with Gasteiger partial charge in [0.2, 0.25) is 0 Å². The summed E-state index contributed by atoms with van der Waals surface area (Å²) < 4.78 is 1.90. The molecule has 1 aliphatic heterocycles. The van der Waals surface area contributed by atoms with Crippen molar-refractivity contribution in [3.05, 3.63) is 48.3 Å². The van der Waals surface area contributed by atoms with Crippen molar-refractivity contribution in [1.29, 1.82) is 0 Å². The van der Waals surface area contributed by atoms with Gasteiger partial charge >= 0.3 is 0 Å². The van der Waals surface area contributed by atoms with E-state index < -0.39 is 0 Å². The van der Waals surface area contributed by atoms with Gasteiger partial charge in [0.1, 0.15) is 0 Å². The van der Waals surface area contributed by atoms with Crippen molar-refractivity contribution in [1.82, 2.24) is 25.3 Å². The van der Waals surface area contributed by atoms with Crippen LogP contribution in [0.15, 0.2) is 47.6 Å². The maximum atomic E-state index is 4.75. The predicted molar refractivity (Wildman–Crippen MR) is 127 cm³/mol. The lowest BCUT2D eigenvalue weighted by atomic mass is 10.1. The fraction of sp³-hybridized carbons (Fsp3) is 0.524. The van der Waals surface area contributed by atoms with Gasteiger partial charge in [0.05, 0.1) is 17.9 Å². The molecule has 2 aromatic rings. The van der Waals surface area contributed by atoms with Gasteiger partial charge in [-0.25, -0.2) is 9.67 Å². The number of hydrogen-bond acceptors (Lipinski definition) is 3. The molecule has 2 heterocycles. The smallest absolute Gasteiger partial charge is 0.191 e. The first-order chi connectivity index (χ1) is 13.3. The van der Waals surface area contributed by atoms with Crippen molar-refractivity contribution >= 4 is 29.9 Å². The molecular weight excluding hydrogens is 463 g/mol. The largest absolute Gasteiger partial charge is 0.357 e. The number of aromatic nitrogens is 2. The Bertz CT molecular complexity index is 707. The zero-order valence-electron chi connectivity index (χ0n) is 17.0. The number of nitrogens with zero attached hydrogens (tertiary/aromatic N) is 4. The van der Waals surface area contributed by atoms with Gasteiger partial charge < -0.3 is 15.5 Å². The highest BCUT2D eigenvalue weighted by Crippen LogP contribution is 2.11. The van der Waals surface area contributed by atoms with Crippen molar-refractivity contribution in [2.45, 2.75) is 45.7 Å². The lowest BCUT2D eigenvalue weighted by Crippen LogP contribution is -2.48. The Morgan fingerprint density at radius 1 is 1.14 bits per heavy atom. The Kier molecular flexibility index (Phi) is 9.77. The van der Waals surface area contributed by atoms with Crippen LogP contribution in [0.25, 0.3) is 5.69 Å². The monoisotopic (exact) mass is 496 g/mol. The molecule has 1 aromatic heterocycles. The normalized spacial score (nSPS) is 15.9. The van der Waals surface area contributed by atoms with Crippen LogP contribution >= 0.6 is 24.0 Å². The number of aliphatic imine (C=N–C) groups is 1. The molecule has 0 saturated carbocycles. The molecule has 1 fully saturated rings. The van der Waals surface area contributed by atoms with E-state index in [0.29, 0.717) is 12.6 Å². The van der Waals surface area contributed by atoms with Crippen LogP contribution in [0.5, 0.6) is 0 Å². The van der Waals surface area contributed by atoms with Crippen molar-refractivity contribution in [2.24, 2.45) is 4.99 Å². The highest BCUT2D eigenvalue weighted by molar-refractivity contribution is 14.0. The minimum atomic E-state index is 0. The molecule has 28 heavy (non-hydrogen) atoms. The predicted octanol–water partition coefficient (Wildman–Crippen LogP) is 3.42. The molecule has 0 aliphatic carbocycles. The molecular formula is C21H33IN6. The molecule has 0 atom stereocenters. The Morgan fingerprint density at radius 2 is 1.89 bits per heavy atom. The highest BCUT2D eigenvalue weighted by Gasteiger charge is 2.19. The van der Waals surface area contributed by atoms with E-state index in [1.807, 2.05) is 35.1 Å². The molecule has 0 radical (unpaired) electrons. The number of guanidine groups is 1. The minimum absolute atomic E-state index is 0. The van der Waals surface area contributed by atoms with Crippen LogP contribution in [0.2, 0.25) is 0 Å². The molecule has 6 nitrogen and oxygen atoms in total. The first-order valence-corrected chi connectivity index (χ1v) is 10.2. The zero-order chi connectivity index (χ0) is 18.9. The topological polar surface area (TPSA) is 57.5 Å². The Morgan fingerprint density at radius 3 is 2.57 bits per heavy atom. The maximum absolute atomic E-state index is 4.75. The molecule has 0 spiro atoms. The van der Waals surface area contributed by atoms with Crippen LogP contribution in [0, 0.1) is 0 Å². The van der Waals surface area contributed by atoms with Crippen LogP contribution in [-0.4, -0.2) is 52.9 Å². The summed E-state index contributed by atoms with van der Waals surface area (Å²) in [4.78, 5) is 7.30. The van der Waals surface area contributed by atoms with Crippen molar-refractivity contribution < 1.29 is 0 Å². The van der Waals surface area contributed by atoms with Crippen molar-refractivity contribution in [3.63, 3.8) is 0 Å². The number of para-hydroxylation sites is 1. The van der Waals surface area contributed by atoms with E-state index in [4.69, 9.17) is 4.99 Å². The molecule has 0 amide bonds. The number of benzene rings is 1. The summed E-state index contributed by atoms with van der Waals surface area (Å²) in [6.45, 7) is 9.34. The Labute approximate surface area is 185 Å². The average molecular weight is 496 g/mol. The summed E-state index contributed by atoms with van der Waals surface area (Å²) in [6, 6.07) is 12.7. The van der Waals surface area contributed by atoms with E-state index in [0.717, 1.165) is 23.9 Å². The van der Waals surface area contributed by atoms with E-state index in [1.165, 1.54) is 38.9 Å². The lowest BCUT2D eigenvalue weighted by molar-refractivity contribution is 0.206. The third kappa shape index (κ3) is 6.77. The number of rotatable bonds is 7. The standard InChI is InChI=1S/C21H32N6.HI/c1-3-13-26-14-10-18(11-15-26)24-21(22-4-2)23-17-19-12-16-27(25-19)20-8-6-5-7-9-20;/h5-9,12,16,18H,3-4,10-11,13-15,17H2,1-2H3,(H2,22,23,24);1H. The second kappa shape index (κ2) is 12.1. The minimum Gasteiger partial charge on any atom is -0.357 e. The number of piperidine rings is 1. The van der Waals surface area contributed by atoms with Gasteiger partial charge in [-0.2, -0.15) is 5.10 Å². The lowest BCUT2D eigenvalue weighted by Gasteiger charge is -2.32. The number of halogens is 1. The third-order valence-corrected chi connectivity index (χ3v) is 4.88. The maximum Gasteiger partial charge on any atom is 0.191 e. The summed E-state index contributed by atoms with van der Waals surface area (Å²) in [5.41, 5.74) is 2.03. The molecule has 1 saturated heterocycles. The summed E-state index contributed by atoms with van der Waals surface area (Å²) in [6.07, 6.45) is 5.57. The van der Waals surface area contributed by atoms with E-state index in [9.17, 15) is 0 Å². The van der Waals surface area contributed by atoms with E-state index in [-0.39, 0.29) is 24.0 Å². The second-order valence-corrected chi connectivity index (χ2v) is 7.04. The first-order valence-electron chi connectivity index (χ1n) is 10.2. The van der Waals surface area contributed by atoms with Gasteiger partial charge in [-0.3, -0.25) is 0 Å². The van der Waals surface area contributed by atoms with Crippen LogP contribution in [0.3, 0.4) is 0 Å². The quantitative estimate of drug-likeness (QED) is 0.351. The molecule has 3 rings (SSSR count). The number of likely N-dealkylation sites (tertiary alicyclic amines) is 1. The Hall–Kier alpha value is -1.61. The Balaban J connectivity index is 0.00000280. The van der Waals surface area contributed by atoms with Gasteiger partial charge in [-0.1, -0.05) is 25.1 Å². The first kappa shape index (κ1) is 22.7. The molecule has 0 bridgehead atoms. The zero-order valence-corrected chi connectivity index (χ0v) is 19.3. The summed E-state index contributed by atoms with van der Waals surface area (Å²) in [7, 11) is 0. The molecule has 1 aliphatic rings. The molecule has 2 N–H and O–H groups in total. The molecule has 7 heteroatoms. The third-order valence-electron chi connectivity index (χ3n) is 4.88. The van der Waals surface area contributed by atoms with Gasteiger partial charge in [0, 0.05) is 31.9 Å². The highest BCUT2D eigenvalue weighted by atomic mass is 127. The van der Waals surface area contributed by atoms with Crippen molar-refractivity contribution in [3.8, 4) is 5.69 Å². The fourth-order valence-electron chi connectivity index (χ4n) is 3.46. The molecule has 154 valence electrons. The van der Waals surface area contributed by atoms with E-state index in [2.05, 4.69) is 46.6 Å². The molecule has 0 unspecified atom stereocenters. The van der Waals surface area contributed by atoms with Gasteiger partial charge in [0.25, 0.3) is 0 Å². The van der Waals surface area contributed by atoms with Crippen LogP contribution < -0.4 is 10.6 Å². The summed E-state index contributed by atoms with van der Waals surface area (Å²) >= 11 is 0. The van der Waals surface area contributed by atoms with Gasteiger partial charge in [0.15, 0.2) is 5.96 Å². The average Bonchev–Trinajstić information content (AvgIpc) is 3.18. The van der Waals surface area contributed by atoms with Crippen LogP contribution in [0.1, 0.15) is 38.8 Å². The SMILES string of the molecule is CCCN1CCC(NC(=NCc2ccn(-c3ccccc3)n2)NCC)CC1.I. The summed E-state index contributed by atoms with van der Waals surface area (Å²) in [5.74, 6) is 0.890.